The first kappa shape index (κ1) is 7.54. The molecule has 1 aromatic rings. The maximum Gasteiger partial charge on any atom is 0.316 e. The summed E-state index contributed by atoms with van der Waals surface area (Å²) in [7, 11) is 1.59. The Labute approximate surface area is 70.5 Å². The number of methoxy groups -OCH3 is 1. The van der Waals surface area contributed by atoms with Crippen molar-refractivity contribution in [3.8, 4) is 6.01 Å². The van der Waals surface area contributed by atoms with Crippen molar-refractivity contribution in [1.82, 2.24) is 14.8 Å². The number of nitrogens with zero attached hydrogens (tertiary/aromatic N) is 3. The van der Waals surface area contributed by atoms with Crippen LogP contribution < -0.4 is 10.5 Å². The Kier molecular flexibility index (Phi) is 1.73. The van der Waals surface area contributed by atoms with Crippen molar-refractivity contribution in [2.24, 2.45) is 5.73 Å². The molecular formula is C7H12N4O. The summed E-state index contributed by atoms with van der Waals surface area (Å²) < 4.78 is 6.97. The lowest BCUT2D eigenvalue weighted by Crippen LogP contribution is -2.32. The largest absolute Gasteiger partial charge is 0.467 e. The molecule has 0 aliphatic carbocycles. The van der Waals surface area contributed by atoms with Gasteiger partial charge in [-0.25, -0.2) is 0 Å². The molecule has 0 saturated heterocycles. The van der Waals surface area contributed by atoms with Gasteiger partial charge in [0.2, 0.25) is 0 Å². The van der Waals surface area contributed by atoms with E-state index >= 15 is 0 Å². The van der Waals surface area contributed by atoms with Crippen molar-refractivity contribution in [1.29, 1.82) is 0 Å². The number of ether oxygens (including phenoxy) is 1. The van der Waals surface area contributed by atoms with Gasteiger partial charge in [-0.1, -0.05) is 5.10 Å². The van der Waals surface area contributed by atoms with E-state index in [2.05, 4.69) is 10.2 Å². The fourth-order valence-electron chi connectivity index (χ4n) is 1.48. The number of nitrogens with two attached hydrogens (primary N) is 1. The van der Waals surface area contributed by atoms with Crippen LogP contribution in [0.5, 0.6) is 6.01 Å². The number of aromatic nitrogens is 3. The Morgan fingerprint density at radius 1 is 1.58 bits per heavy atom. The summed E-state index contributed by atoms with van der Waals surface area (Å²) in [6.07, 6.45) is 1.89. The molecular weight excluding hydrogens is 156 g/mol. The highest BCUT2D eigenvalue weighted by atomic mass is 16.5. The lowest BCUT2D eigenvalue weighted by atomic mass is 10.1. The number of hydrogen-bond donors (Lipinski definition) is 1. The van der Waals surface area contributed by atoms with E-state index in [9.17, 15) is 0 Å². The molecule has 5 heteroatoms. The van der Waals surface area contributed by atoms with Crippen LogP contribution in [0.4, 0.5) is 0 Å². The molecule has 0 saturated carbocycles. The van der Waals surface area contributed by atoms with Crippen LogP contribution in [0.25, 0.3) is 0 Å². The summed E-state index contributed by atoms with van der Waals surface area (Å²) in [6.45, 7) is 0.769. The van der Waals surface area contributed by atoms with Crippen LogP contribution in [0.15, 0.2) is 0 Å². The number of aryl methyl sites for hydroxylation is 1. The maximum atomic E-state index is 5.80. The SMILES string of the molecule is COc1nnc2n1CC(N)CC2. The molecule has 2 heterocycles. The zero-order valence-corrected chi connectivity index (χ0v) is 7.03. The van der Waals surface area contributed by atoms with Crippen LogP contribution in [0.2, 0.25) is 0 Å². The van der Waals surface area contributed by atoms with E-state index in [1.54, 1.807) is 7.11 Å². The summed E-state index contributed by atoms with van der Waals surface area (Å²) in [6, 6.07) is 0.780. The van der Waals surface area contributed by atoms with Crippen molar-refractivity contribution in [2.75, 3.05) is 7.11 Å². The molecule has 1 aromatic heterocycles. The highest BCUT2D eigenvalue weighted by molar-refractivity contribution is 5.04. The molecule has 0 aromatic carbocycles. The second kappa shape index (κ2) is 2.75. The molecule has 1 unspecified atom stereocenters. The Balaban J connectivity index is 2.34. The van der Waals surface area contributed by atoms with E-state index in [4.69, 9.17) is 10.5 Å². The van der Waals surface area contributed by atoms with Gasteiger partial charge in [-0.2, -0.15) is 0 Å². The summed E-state index contributed by atoms with van der Waals surface area (Å²) in [5, 5.41) is 7.88. The van der Waals surface area contributed by atoms with E-state index in [1.807, 2.05) is 4.57 Å². The molecule has 0 fully saturated rings. The molecule has 2 rings (SSSR count). The van der Waals surface area contributed by atoms with Crippen molar-refractivity contribution in [3.05, 3.63) is 5.82 Å². The lowest BCUT2D eigenvalue weighted by Gasteiger charge is -2.19. The van der Waals surface area contributed by atoms with E-state index in [1.165, 1.54) is 0 Å². The van der Waals surface area contributed by atoms with Gasteiger partial charge in [-0.05, 0) is 6.42 Å². The van der Waals surface area contributed by atoms with Crippen molar-refractivity contribution in [2.45, 2.75) is 25.4 Å². The minimum atomic E-state index is 0.211. The van der Waals surface area contributed by atoms with Crippen LogP contribution in [0.3, 0.4) is 0 Å². The average molecular weight is 168 g/mol. The third-order valence-corrected chi connectivity index (χ3v) is 2.13. The highest BCUT2D eigenvalue weighted by Gasteiger charge is 2.20. The molecule has 0 amide bonds. The van der Waals surface area contributed by atoms with Gasteiger partial charge in [0.1, 0.15) is 5.82 Å². The van der Waals surface area contributed by atoms with Gasteiger partial charge in [-0.15, -0.1) is 5.10 Å². The molecule has 5 nitrogen and oxygen atoms in total. The first-order valence-electron chi connectivity index (χ1n) is 4.03. The maximum absolute atomic E-state index is 5.80. The Morgan fingerprint density at radius 3 is 3.17 bits per heavy atom. The molecule has 0 spiro atoms. The highest BCUT2D eigenvalue weighted by Crippen LogP contribution is 2.17. The van der Waals surface area contributed by atoms with Crippen LogP contribution in [-0.4, -0.2) is 27.9 Å². The van der Waals surface area contributed by atoms with Gasteiger partial charge in [0.25, 0.3) is 0 Å². The Bertz CT molecular complexity index is 269. The number of rotatable bonds is 1. The van der Waals surface area contributed by atoms with Crippen LogP contribution in [0.1, 0.15) is 12.2 Å². The number of hydrogen-bond acceptors (Lipinski definition) is 4. The van der Waals surface area contributed by atoms with E-state index in [0.717, 1.165) is 25.2 Å². The van der Waals surface area contributed by atoms with E-state index < -0.39 is 0 Å². The van der Waals surface area contributed by atoms with Crippen LogP contribution in [-0.2, 0) is 13.0 Å². The zero-order valence-electron chi connectivity index (χ0n) is 7.03. The topological polar surface area (TPSA) is 66.0 Å². The predicted molar refractivity (Wildman–Crippen MR) is 42.9 cm³/mol. The number of fused-ring (bicyclic) bond motifs is 1. The van der Waals surface area contributed by atoms with Crippen molar-refractivity contribution in [3.63, 3.8) is 0 Å². The van der Waals surface area contributed by atoms with Gasteiger partial charge >= 0.3 is 6.01 Å². The first-order valence-corrected chi connectivity index (χ1v) is 4.03. The molecule has 1 atom stereocenters. The van der Waals surface area contributed by atoms with Gasteiger partial charge in [0, 0.05) is 19.0 Å². The summed E-state index contributed by atoms with van der Waals surface area (Å²) in [4.78, 5) is 0. The van der Waals surface area contributed by atoms with Crippen molar-refractivity contribution < 1.29 is 4.74 Å². The van der Waals surface area contributed by atoms with Gasteiger partial charge in [0.15, 0.2) is 0 Å². The van der Waals surface area contributed by atoms with Crippen LogP contribution >= 0.6 is 0 Å². The van der Waals surface area contributed by atoms with Crippen LogP contribution in [0, 0.1) is 0 Å². The zero-order chi connectivity index (χ0) is 8.55. The second-order valence-electron chi connectivity index (χ2n) is 3.01. The summed E-state index contributed by atoms with van der Waals surface area (Å²) >= 11 is 0. The molecule has 1 aliphatic heterocycles. The molecule has 0 radical (unpaired) electrons. The van der Waals surface area contributed by atoms with Gasteiger partial charge < -0.3 is 10.5 Å². The molecule has 12 heavy (non-hydrogen) atoms. The van der Waals surface area contributed by atoms with Gasteiger partial charge in [-0.3, -0.25) is 4.57 Å². The smallest absolute Gasteiger partial charge is 0.316 e. The first-order chi connectivity index (χ1) is 5.81. The van der Waals surface area contributed by atoms with Crippen molar-refractivity contribution >= 4 is 0 Å². The predicted octanol–water partition coefficient (Wildman–Crippen LogP) is -0.440. The molecule has 66 valence electrons. The lowest BCUT2D eigenvalue weighted by molar-refractivity contribution is 0.334. The summed E-state index contributed by atoms with van der Waals surface area (Å²) in [5.74, 6) is 0.980. The third kappa shape index (κ3) is 1.06. The minimum absolute atomic E-state index is 0.211. The fourth-order valence-corrected chi connectivity index (χ4v) is 1.48. The second-order valence-corrected chi connectivity index (χ2v) is 3.01. The minimum Gasteiger partial charge on any atom is -0.467 e. The summed E-state index contributed by atoms with van der Waals surface area (Å²) in [5.41, 5.74) is 5.80. The fraction of sp³-hybridized carbons (Fsp3) is 0.714. The Morgan fingerprint density at radius 2 is 2.42 bits per heavy atom. The van der Waals surface area contributed by atoms with E-state index in [-0.39, 0.29) is 6.04 Å². The normalized spacial score (nSPS) is 22.0. The molecule has 1 aliphatic rings. The quantitative estimate of drug-likeness (QED) is 0.617. The Hall–Kier alpha value is -1.10. The average Bonchev–Trinajstić information content (AvgIpc) is 2.46. The van der Waals surface area contributed by atoms with E-state index in [0.29, 0.717) is 6.01 Å². The monoisotopic (exact) mass is 168 g/mol. The third-order valence-electron chi connectivity index (χ3n) is 2.13. The van der Waals surface area contributed by atoms with Gasteiger partial charge in [0.05, 0.1) is 7.11 Å². The molecule has 0 bridgehead atoms. The molecule has 2 N–H and O–H groups in total. The standard InChI is InChI=1S/C7H12N4O/c1-12-7-10-9-6-3-2-5(8)4-11(6)7/h5H,2-4,8H2,1H3.